The molecule has 1 aromatic heterocycles. The maximum absolute atomic E-state index is 10.7. The van der Waals surface area contributed by atoms with Gasteiger partial charge in [-0.05, 0) is 19.1 Å². The van der Waals surface area contributed by atoms with Gasteiger partial charge in [-0.25, -0.2) is 4.79 Å². The van der Waals surface area contributed by atoms with E-state index >= 15 is 0 Å². The molecule has 0 amide bonds. The highest BCUT2D eigenvalue weighted by Crippen LogP contribution is 2.13. The number of piperazine rings is 1. The number of hydrogen-bond donors (Lipinski definition) is 2. The van der Waals surface area contributed by atoms with Crippen LogP contribution in [0.2, 0.25) is 0 Å². The van der Waals surface area contributed by atoms with Gasteiger partial charge in [0.2, 0.25) is 5.76 Å². The Labute approximate surface area is 94.0 Å². The average Bonchev–Trinajstić information content (AvgIpc) is 2.70. The molecule has 1 aromatic rings. The highest BCUT2D eigenvalue weighted by atomic mass is 16.4. The lowest BCUT2D eigenvalue weighted by atomic mass is 10.2. The minimum Gasteiger partial charge on any atom is -0.475 e. The molecule has 0 bridgehead atoms. The van der Waals surface area contributed by atoms with Crippen molar-refractivity contribution in [2.24, 2.45) is 0 Å². The van der Waals surface area contributed by atoms with Crippen molar-refractivity contribution in [1.82, 2.24) is 10.2 Å². The van der Waals surface area contributed by atoms with Crippen LogP contribution in [0.1, 0.15) is 23.2 Å². The van der Waals surface area contributed by atoms with Gasteiger partial charge in [0.05, 0.1) is 6.54 Å². The van der Waals surface area contributed by atoms with Crippen molar-refractivity contribution in [2.75, 3.05) is 19.6 Å². The number of carbonyl (C=O) groups is 1. The molecule has 88 valence electrons. The van der Waals surface area contributed by atoms with Crippen molar-refractivity contribution in [3.8, 4) is 0 Å². The first-order chi connectivity index (χ1) is 7.66. The molecule has 16 heavy (non-hydrogen) atoms. The summed E-state index contributed by atoms with van der Waals surface area (Å²) >= 11 is 0. The van der Waals surface area contributed by atoms with Crippen molar-refractivity contribution in [3.05, 3.63) is 23.7 Å². The molecule has 2 N–H and O–H groups in total. The molecule has 0 aromatic carbocycles. The summed E-state index contributed by atoms with van der Waals surface area (Å²) in [6.45, 7) is 5.72. The molecule has 1 aliphatic rings. The topological polar surface area (TPSA) is 65.7 Å². The predicted molar refractivity (Wildman–Crippen MR) is 58.4 cm³/mol. The van der Waals surface area contributed by atoms with E-state index in [0.29, 0.717) is 18.3 Å². The third-order valence-corrected chi connectivity index (χ3v) is 2.87. The summed E-state index contributed by atoms with van der Waals surface area (Å²) in [4.78, 5) is 12.9. The van der Waals surface area contributed by atoms with E-state index in [2.05, 4.69) is 17.1 Å². The summed E-state index contributed by atoms with van der Waals surface area (Å²) in [5.41, 5.74) is 0. The molecule has 5 heteroatoms. The molecule has 0 saturated carbocycles. The van der Waals surface area contributed by atoms with Crippen LogP contribution in [0.3, 0.4) is 0 Å². The first kappa shape index (κ1) is 11.2. The highest BCUT2D eigenvalue weighted by Gasteiger charge is 2.19. The lowest BCUT2D eigenvalue weighted by molar-refractivity contribution is 0.0656. The van der Waals surface area contributed by atoms with Gasteiger partial charge in [-0.2, -0.15) is 0 Å². The maximum Gasteiger partial charge on any atom is 0.371 e. The number of furan rings is 1. The molecule has 0 spiro atoms. The average molecular weight is 224 g/mol. The molecule has 0 aliphatic carbocycles. The van der Waals surface area contributed by atoms with Crippen LogP contribution in [0, 0.1) is 0 Å². The monoisotopic (exact) mass is 224 g/mol. The van der Waals surface area contributed by atoms with Crippen molar-refractivity contribution >= 4 is 5.97 Å². The fourth-order valence-electron chi connectivity index (χ4n) is 1.90. The Hall–Kier alpha value is -1.33. The second-order valence-electron chi connectivity index (χ2n) is 4.09. The van der Waals surface area contributed by atoms with Crippen LogP contribution < -0.4 is 5.32 Å². The number of nitrogens with one attached hydrogen (secondary N) is 1. The van der Waals surface area contributed by atoms with E-state index < -0.39 is 5.97 Å². The molecular formula is C11H16N2O3. The minimum absolute atomic E-state index is 0.0118. The van der Waals surface area contributed by atoms with Crippen molar-refractivity contribution < 1.29 is 14.3 Å². The van der Waals surface area contributed by atoms with Gasteiger partial charge in [0, 0.05) is 25.7 Å². The van der Waals surface area contributed by atoms with Gasteiger partial charge in [-0.15, -0.1) is 0 Å². The van der Waals surface area contributed by atoms with E-state index in [-0.39, 0.29) is 5.76 Å². The van der Waals surface area contributed by atoms with E-state index in [0.717, 1.165) is 19.6 Å². The second-order valence-corrected chi connectivity index (χ2v) is 4.09. The molecule has 1 unspecified atom stereocenters. The molecule has 1 aliphatic heterocycles. The molecule has 2 rings (SSSR count). The maximum atomic E-state index is 10.7. The number of rotatable bonds is 3. The van der Waals surface area contributed by atoms with Gasteiger partial charge in [0.25, 0.3) is 0 Å². The van der Waals surface area contributed by atoms with Gasteiger partial charge in [-0.3, -0.25) is 4.90 Å². The van der Waals surface area contributed by atoms with Crippen molar-refractivity contribution in [1.29, 1.82) is 0 Å². The highest BCUT2D eigenvalue weighted by molar-refractivity contribution is 5.84. The Morgan fingerprint density at radius 3 is 3.12 bits per heavy atom. The van der Waals surface area contributed by atoms with Gasteiger partial charge in [0.1, 0.15) is 5.76 Å². The summed E-state index contributed by atoms with van der Waals surface area (Å²) in [6.07, 6.45) is 0. The second kappa shape index (κ2) is 4.67. The Balaban J connectivity index is 1.99. The van der Waals surface area contributed by atoms with E-state index in [4.69, 9.17) is 9.52 Å². The van der Waals surface area contributed by atoms with Crippen LogP contribution in [0.15, 0.2) is 16.5 Å². The SMILES string of the molecule is CC1CNCCN1Cc1ccc(C(=O)O)o1. The summed E-state index contributed by atoms with van der Waals surface area (Å²) in [7, 11) is 0. The van der Waals surface area contributed by atoms with Crippen LogP contribution >= 0.6 is 0 Å². The van der Waals surface area contributed by atoms with Gasteiger partial charge >= 0.3 is 5.97 Å². The lowest BCUT2D eigenvalue weighted by Gasteiger charge is -2.33. The minimum atomic E-state index is -1.01. The number of aromatic carboxylic acids is 1. The third kappa shape index (κ3) is 2.43. The van der Waals surface area contributed by atoms with E-state index in [1.807, 2.05) is 0 Å². The Kier molecular flexibility index (Phi) is 3.26. The van der Waals surface area contributed by atoms with Crippen LogP contribution in [0.25, 0.3) is 0 Å². The first-order valence-corrected chi connectivity index (χ1v) is 5.43. The van der Waals surface area contributed by atoms with Crippen molar-refractivity contribution in [3.63, 3.8) is 0 Å². The Morgan fingerprint density at radius 2 is 2.50 bits per heavy atom. The molecule has 5 nitrogen and oxygen atoms in total. The van der Waals surface area contributed by atoms with Gasteiger partial charge in [-0.1, -0.05) is 0 Å². The van der Waals surface area contributed by atoms with Crippen molar-refractivity contribution in [2.45, 2.75) is 19.5 Å². The zero-order chi connectivity index (χ0) is 11.5. The zero-order valence-corrected chi connectivity index (χ0v) is 9.27. The summed E-state index contributed by atoms with van der Waals surface area (Å²) in [5, 5.41) is 12.0. The largest absolute Gasteiger partial charge is 0.475 e. The molecule has 0 radical (unpaired) electrons. The third-order valence-electron chi connectivity index (χ3n) is 2.87. The smallest absolute Gasteiger partial charge is 0.371 e. The lowest BCUT2D eigenvalue weighted by Crippen LogP contribution is -2.49. The number of nitrogens with zero attached hydrogens (tertiary/aromatic N) is 1. The van der Waals surface area contributed by atoms with Crippen LogP contribution in [-0.2, 0) is 6.54 Å². The normalized spacial score (nSPS) is 22.2. The molecular weight excluding hydrogens is 208 g/mol. The van der Waals surface area contributed by atoms with Gasteiger partial charge in [0.15, 0.2) is 0 Å². The standard InChI is InChI=1S/C11H16N2O3/c1-8-6-12-4-5-13(8)7-9-2-3-10(16-9)11(14)15/h2-3,8,12H,4-7H2,1H3,(H,14,15). The van der Waals surface area contributed by atoms with Crippen LogP contribution in [0.5, 0.6) is 0 Å². The molecule has 1 saturated heterocycles. The Bertz CT molecular complexity index is 375. The molecule has 1 atom stereocenters. The van der Waals surface area contributed by atoms with E-state index in [9.17, 15) is 4.79 Å². The molecule has 2 heterocycles. The van der Waals surface area contributed by atoms with E-state index in [1.54, 1.807) is 6.07 Å². The predicted octanol–water partition coefficient (Wildman–Crippen LogP) is 0.771. The number of hydrogen-bond acceptors (Lipinski definition) is 4. The van der Waals surface area contributed by atoms with Crippen LogP contribution in [-0.4, -0.2) is 41.7 Å². The molecule has 1 fully saturated rings. The number of carboxylic acid groups (broad SMARTS) is 1. The first-order valence-electron chi connectivity index (χ1n) is 5.43. The quantitative estimate of drug-likeness (QED) is 0.794. The number of carboxylic acids is 1. The summed E-state index contributed by atoms with van der Waals surface area (Å²) in [5.74, 6) is -0.288. The Morgan fingerprint density at radius 1 is 1.69 bits per heavy atom. The van der Waals surface area contributed by atoms with E-state index in [1.165, 1.54) is 6.07 Å². The summed E-state index contributed by atoms with van der Waals surface area (Å²) < 4.78 is 5.23. The summed E-state index contributed by atoms with van der Waals surface area (Å²) in [6, 6.07) is 3.69. The fourth-order valence-corrected chi connectivity index (χ4v) is 1.90. The van der Waals surface area contributed by atoms with Crippen LogP contribution in [0.4, 0.5) is 0 Å². The zero-order valence-electron chi connectivity index (χ0n) is 9.27. The van der Waals surface area contributed by atoms with Gasteiger partial charge < -0.3 is 14.8 Å². The fraction of sp³-hybridized carbons (Fsp3) is 0.545.